The number of benzene rings is 3. The normalized spacial score (nSPS) is 13.6. The Kier molecular flexibility index (Phi) is 5.61. The second-order valence-corrected chi connectivity index (χ2v) is 6.95. The Morgan fingerprint density at radius 1 is 1.00 bits per heavy atom. The number of ether oxygens (including phenoxy) is 3. The summed E-state index contributed by atoms with van der Waals surface area (Å²) in [6.45, 7) is 1.95. The summed E-state index contributed by atoms with van der Waals surface area (Å²) in [4.78, 5) is 24.5. The molecule has 0 unspecified atom stereocenters. The van der Waals surface area contributed by atoms with Gasteiger partial charge in [0.05, 0.1) is 5.56 Å². The lowest BCUT2D eigenvalue weighted by Gasteiger charge is -2.08. The first-order valence-corrected chi connectivity index (χ1v) is 9.56. The van der Waals surface area contributed by atoms with Gasteiger partial charge in [-0.1, -0.05) is 60.2 Å². The van der Waals surface area contributed by atoms with Crippen LogP contribution >= 0.6 is 0 Å². The van der Waals surface area contributed by atoms with Crippen LogP contribution in [0, 0.1) is 6.92 Å². The Morgan fingerprint density at radius 2 is 1.83 bits per heavy atom. The molecule has 0 saturated carbocycles. The molecular weight excluding hydrogens is 380 g/mol. The summed E-state index contributed by atoms with van der Waals surface area (Å²) in [6.07, 6.45) is 1.72. The number of carbonyl (C=O) groups is 2. The topological polar surface area (TPSA) is 61.8 Å². The molecule has 0 saturated heterocycles. The van der Waals surface area contributed by atoms with Crippen LogP contribution in [0.1, 0.15) is 27.0 Å². The van der Waals surface area contributed by atoms with E-state index < -0.39 is 5.97 Å². The first-order chi connectivity index (χ1) is 14.6. The number of hydrogen-bond donors (Lipinski definition) is 0. The average molecular weight is 400 g/mol. The molecule has 4 rings (SSSR count). The van der Waals surface area contributed by atoms with Crippen molar-refractivity contribution in [3.05, 3.63) is 101 Å². The highest BCUT2D eigenvalue weighted by molar-refractivity contribution is 6.14. The maximum atomic E-state index is 12.6. The molecule has 5 heteroatoms. The van der Waals surface area contributed by atoms with Crippen molar-refractivity contribution in [2.24, 2.45) is 0 Å². The van der Waals surface area contributed by atoms with Crippen molar-refractivity contribution in [3.63, 3.8) is 0 Å². The van der Waals surface area contributed by atoms with Crippen LogP contribution in [0.5, 0.6) is 11.5 Å². The minimum Gasteiger partial charge on any atom is -0.482 e. The number of allylic oxidation sites excluding steroid dienone is 1. The molecular formula is C25H20O5. The molecule has 1 aliphatic rings. The minimum atomic E-state index is -0.476. The van der Waals surface area contributed by atoms with E-state index in [4.69, 9.17) is 14.2 Å². The lowest BCUT2D eigenvalue weighted by molar-refractivity contribution is -0.147. The Hall–Kier alpha value is -3.86. The standard InChI is InChI=1S/C25H20O5/c1-17-6-5-9-19(12-17)13-23-25(27)21-11-10-20(14-22(21)30-23)28-16-24(26)29-15-18-7-3-2-4-8-18/h2-14H,15-16H2,1H3/b23-13-. The molecule has 0 N–H and O–H groups in total. The van der Waals surface area contributed by atoms with Crippen molar-refractivity contribution in [3.8, 4) is 11.5 Å². The van der Waals surface area contributed by atoms with Gasteiger partial charge in [-0.2, -0.15) is 0 Å². The average Bonchev–Trinajstić information content (AvgIpc) is 3.06. The first kappa shape index (κ1) is 19.5. The molecule has 0 aromatic heterocycles. The van der Waals surface area contributed by atoms with Crippen LogP contribution in [0.3, 0.4) is 0 Å². The summed E-state index contributed by atoms with van der Waals surface area (Å²) in [6, 6.07) is 22.1. The van der Waals surface area contributed by atoms with E-state index >= 15 is 0 Å². The Morgan fingerprint density at radius 3 is 2.63 bits per heavy atom. The predicted molar refractivity (Wildman–Crippen MR) is 112 cm³/mol. The first-order valence-electron chi connectivity index (χ1n) is 9.56. The molecule has 150 valence electrons. The summed E-state index contributed by atoms with van der Waals surface area (Å²) < 4.78 is 16.4. The van der Waals surface area contributed by atoms with E-state index in [1.807, 2.05) is 61.5 Å². The van der Waals surface area contributed by atoms with Crippen LogP contribution in [0.15, 0.2) is 78.6 Å². The minimum absolute atomic E-state index is 0.180. The van der Waals surface area contributed by atoms with Crippen LogP contribution in [-0.2, 0) is 16.1 Å². The number of Topliss-reactive ketones (excluding diaryl/α,β-unsaturated/α-hetero) is 1. The molecule has 0 amide bonds. The van der Waals surface area contributed by atoms with Crippen molar-refractivity contribution in [1.29, 1.82) is 0 Å². The Bertz CT molecular complexity index is 1120. The largest absolute Gasteiger partial charge is 0.482 e. The molecule has 0 atom stereocenters. The quantitative estimate of drug-likeness (QED) is 0.442. The highest BCUT2D eigenvalue weighted by atomic mass is 16.6. The summed E-state index contributed by atoms with van der Waals surface area (Å²) >= 11 is 0. The monoisotopic (exact) mass is 400 g/mol. The van der Waals surface area contributed by atoms with Gasteiger partial charge >= 0.3 is 5.97 Å². The third-order valence-electron chi connectivity index (χ3n) is 4.58. The molecule has 1 aliphatic heterocycles. The summed E-state index contributed by atoms with van der Waals surface area (Å²) in [5, 5.41) is 0. The molecule has 30 heavy (non-hydrogen) atoms. The number of aryl methyl sites for hydroxylation is 1. The zero-order valence-corrected chi connectivity index (χ0v) is 16.5. The summed E-state index contributed by atoms with van der Waals surface area (Å²) in [5.41, 5.74) is 3.36. The lowest BCUT2D eigenvalue weighted by atomic mass is 10.1. The molecule has 3 aromatic carbocycles. The fourth-order valence-corrected chi connectivity index (χ4v) is 3.09. The second-order valence-electron chi connectivity index (χ2n) is 6.95. The van der Waals surface area contributed by atoms with Crippen molar-refractivity contribution in [2.45, 2.75) is 13.5 Å². The Labute approximate surface area is 174 Å². The van der Waals surface area contributed by atoms with Crippen molar-refractivity contribution in [2.75, 3.05) is 6.61 Å². The number of fused-ring (bicyclic) bond motifs is 1. The predicted octanol–water partition coefficient (Wildman–Crippen LogP) is 4.73. The van der Waals surface area contributed by atoms with Crippen molar-refractivity contribution < 1.29 is 23.8 Å². The van der Waals surface area contributed by atoms with Crippen LogP contribution in [0.4, 0.5) is 0 Å². The van der Waals surface area contributed by atoms with E-state index in [9.17, 15) is 9.59 Å². The molecule has 5 nitrogen and oxygen atoms in total. The zero-order chi connectivity index (χ0) is 20.9. The highest BCUT2D eigenvalue weighted by Gasteiger charge is 2.27. The van der Waals surface area contributed by atoms with Gasteiger partial charge in [-0.25, -0.2) is 4.79 Å². The maximum absolute atomic E-state index is 12.6. The molecule has 3 aromatic rings. The zero-order valence-electron chi connectivity index (χ0n) is 16.5. The Balaban J connectivity index is 1.37. The molecule has 1 heterocycles. The number of esters is 1. The van der Waals surface area contributed by atoms with Crippen LogP contribution in [0.2, 0.25) is 0 Å². The van der Waals surface area contributed by atoms with Crippen molar-refractivity contribution in [1.82, 2.24) is 0 Å². The van der Waals surface area contributed by atoms with E-state index in [1.54, 1.807) is 24.3 Å². The molecule has 0 bridgehead atoms. The van der Waals surface area contributed by atoms with Crippen LogP contribution < -0.4 is 9.47 Å². The van der Waals surface area contributed by atoms with Crippen molar-refractivity contribution >= 4 is 17.8 Å². The number of ketones is 1. The molecule has 0 spiro atoms. The lowest BCUT2D eigenvalue weighted by Crippen LogP contribution is -2.14. The van der Waals surface area contributed by atoms with Gasteiger partial charge in [-0.05, 0) is 36.3 Å². The second kappa shape index (κ2) is 8.66. The third kappa shape index (κ3) is 4.58. The van der Waals surface area contributed by atoms with Gasteiger partial charge in [0.25, 0.3) is 0 Å². The molecule has 0 fully saturated rings. The van der Waals surface area contributed by atoms with E-state index in [2.05, 4.69) is 0 Å². The van der Waals surface area contributed by atoms with Gasteiger partial charge in [-0.3, -0.25) is 4.79 Å². The van der Waals surface area contributed by atoms with E-state index in [1.165, 1.54) is 0 Å². The number of hydrogen-bond acceptors (Lipinski definition) is 5. The molecule has 0 radical (unpaired) electrons. The fourth-order valence-electron chi connectivity index (χ4n) is 3.09. The van der Waals surface area contributed by atoms with Crippen LogP contribution in [0.25, 0.3) is 6.08 Å². The number of carbonyl (C=O) groups excluding carboxylic acids is 2. The van der Waals surface area contributed by atoms with Gasteiger partial charge in [0.15, 0.2) is 12.4 Å². The third-order valence-corrected chi connectivity index (χ3v) is 4.58. The summed E-state index contributed by atoms with van der Waals surface area (Å²) in [7, 11) is 0. The summed E-state index contributed by atoms with van der Waals surface area (Å²) in [5.74, 6) is 0.441. The van der Waals surface area contributed by atoms with Gasteiger partial charge in [0, 0.05) is 6.07 Å². The van der Waals surface area contributed by atoms with Gasteiger partial charge in [0.2, 0.25) is 5.78 Å². The van der Waals surface area contributed by atoms with Gasteiger partial charge in [-0.15, -0.1) is 0 Å². The maximum Gasteiger partial charge on any atom is 0.344 e. The van der Waals surface area contributed by atoms with Gasteiger partial charge < -0.3 is 14.2 Å². The van der Waals surface area contributed by atoms with E-state index in [0.717, 1.165) is 16.7 Å². The SMILES string of the molecule is Cc1cccc(/C=C2\Oc3cc(OCC(=O)OCc4ccccc4)ccc3C2=O)c1. The fraction of sp³-hybridized carbons (Fsp3) is 0.120. The van der Waals surface area contributed by atoms with E-state index in [0.29, 0.717) is 17.1 Å². The van der Waals surface area contributed by atoms with E-state index in [-0.39, 0.29) is 24.8 Å². The highest BCUT2D eigenvalue weighted by Crippen LogP contribution is 2.35. The number of rotatable bonds is 6. The molecule has 0 aliphatic carbocycles. The van der Waals surface area contributed by atoms with Gasteiger partial charge in [0.1, 0.15) is 18.1 Å². The van der Waals surface area contributed by atoms with Crippen LogP contribution in [-0.4, -0.2) is 18.4 Å². The smallest absolute Gasteiger partial charge is 0.344 e.